The van der Waals surface area contributed by atoms with E-state index in [1.165, 1.54) is 39.0 Å². The van der Waals surface area contributed by atoms with E-state index in [-0.39, 0.29) is 0 Å². The highest BCUT2D eigenvalue weighted by Gasteiger charge is 2.14. The van der Waals surface area contributed by atoms with E-state index in [0.717, 1.165) is 45.3 Å². The number of piperidine rings is 1. The van der Waals surface area contributed by atoms with Crippen LogP contribution >= 0.6 is 0 Å². The standard InChI is InChI=1S/C14H29N3O/c1-14-2-6-16(7-3-14)8-4-15-5-9-17-10-12-18-13-11-17/h14-15H,2-13H2,1H3. The Labute approximate surface area is 112 Å². The van der Waals surface area contributed by atoms with Crippen LogP contribution in [0.3, 0.4) is 0 Å². The number of hydrogen-bond donors (Lipinski definition) is 1. The van der Waals surface area contributed by atoms with Gasteiger partial charge in [0.25, 0.3) is 0 Å². The van der Waals surface area contributed by atoms with E-state index in [1.807, 2.05) is 0 Å². The van der Waals surface area contributed by atoms with Gasteiger partial charge in [0.15, 0.2) is 0 Å². The minimum absolute atomic E-state index is 0.909. The van der Waals surface area contributed by atoms with Crippen LogP contribution in [0.25, 0.3) is 0 Å². The van der Waals surface area contributed by atoms with Gasteiger partial charge in [0.1, 0.15) is 0 Å². The Morgan fingerprint density at radius 1 is 0.944 bits per heavy atom. The Morgan fingerprint density at radius 3 is 2.11 bits per heavy atom. The lowest BCUT2D eigenvalue weighted by Crippen LogP contribution is -2.42. The molecule has 0 unspecified atom stereocenters. The van der Waals surface area contributed by atoms with Gasteiger partial charge in [0.2, 0.25) is 0 Å². The first-order chi connectivity index (χ1) is 8.84. The van der Waals surface area contributed by atoms with E-state index in [4.69, 9.17) is 4.74 Å². The lowest BCUT2D eigenvalue weighted by molar-refractivity contribution is 0.0383. The third-order valence-corrected chi connectivity index (χ3v) is 4.19. The van der Waals surface area contributed by atoms with Crippen LogP contribution in [-0.2, 0) is 4.74 Å². The second-order valence-electron chi connectivity index (χ2n) is 5.73. The Hall–Kier alpha value is -0.160. The molecule has 0 aromatic heterocycles. The van der Waals surface area contributed by atoms with Crippen LogP contribution in [0.15, 0.2) is 0 Å². The van der Waals surface area contributed by atoms with E-state index in [2.05, 4.69) is 22.0 Å². The van der Waals surface area contributed by atoms with Crippen molar-refractivity contribution in [2.24, 2.45) is 5.92 Å². The highest BCUT2D eigenvalue weighted by atomic mass is 16.5. The first kappa shape index (κ1) is 14.3. The molecular weight excluding hydrogens is 226 g/mol. The van der Waals surface area contributed by atoms with Crippen molar-refractivity contribution in [1.29, 1.82) is 0 Å². The monoisotopic (exact) mass is 255 g/mol. The van der Waals surface area contributed by atoms with Crippen molar-refractivity contribution in [1.82, 2.24) is 15.1 Å². The van der Waals surface area contributed by atoms with Crippen molar-refractivity contribution in [2.75, 3.05) is 65.6 Å². The number of ether oxygens (including phenoxy) is 1. The number of hydrogen-bond acceptors (Lipinski definition) is 4. The minimum Gasteiger partial charge on any atom is -0.379 e. The summed E-state index contributed by atoms with van der Waals surface area (Å²) in [7, 11) is 0. The van der Waals surface area contributed by atoms with Gasteiger partial charge in [0.05, 0.1) is 13.2 Å². The molecule has 2 saturated heterocycles. The van der Waals surface area contributed by atoms with Gasteiger partial charge in [-0.15, -0.1) is 0 Å². The number of nitrogens with one attached hydrogen (secondary N) is 1. The number of nitrogens with zero attached hydrogens (tertiary/aromatic N) is 2. The van der Waals surface area contributed by atoms with Crippen molar-refractivity contribution in [2.45, 2.75) is 19.8 Å². The third kappa shape index (κ3) is 5.22. The van der Waals surface area contributed by atoms with E-state index in [0.29, 0.717) is 0 Å². The molecular formula is C14H29N3O. The van der Waals surface area contributed by atoms with Gasteiger partial charge in [-0.1, -0.05) is 6.92 Å². The molecule has 1 N–H and O–H groups in total. The van der Waals surface area contributed by atoms with Crippen LogP contribution in [0.1, 0.15) is 19.8 Å². The molecule has 2 aliphatic rings. The van der Waals surface area contributed by atoms with Gasteiger partial charge >= 0.3 is 0 Å². The highest BCUT2D eigenvalue weighted by Crippen LogP contribution is 2.14. The zero-order valence-electron chi connectivity index (χ0n) is 11.9. The molecule has 2 aliphatic heterocycles. The van der Waals surface area contributed by atoms with E-state index in [1.54, 1.807) is 0 Å². The van der Waals surface area contributed by atoms with E-state index >= 15 is 0 Å². The number of rotatable bonds is 6. The van der Waals surface area contributed by atoms with Crippen molar-refractivity contribution < 1.29 is 4.74 Å². The summed E-state index contributed by atoms with van der Waals surface area (Å²) in [6, 6.07) is 0. The van der Waals surface area contributed by atoms with Gasteiger partial charge in [0, 0.05) is 39.3 Å². The Morgan fingerprint density at radius 2 is 1.50 bits per heavy atom. The predicted octanol–water partition coefficient (Wildman–Crippen LogP) is 0.640. The lowest BCUT2D eigenvalue weighted by Gasteiger charge is -2.30. The quantitative estimate of drug-likeness (QED) is 0.705. The third-order valence-electron chi connectivity index (χ3n) is 4.19. The van der Waals surface area contributed by atoms with Crippen molar-refractivity contribution >= 4 is 0 Å². The summed E-state index contributed by atoms with van der Waals surface area (Å²) in [4.78, 5) is 5.08. The van der Waals surface area contributed by atoms with Crippen molar-refractivity contribution in [3.8, 4) is 0 Å². The predicted molar refractivity (Wildman–Crippen MR) is 75.0 cm³/mol. The normalized spacial score (nSPS) is 24.5. The van der Waals surface area contributed by atoms with Gasteiger partial charge in [-0.2, -0.15) is 0 Å². The Balaban J connectivity index is 1.43. The first-order valence-corrected chi connectivity index (χ1v) is 7.58. The Kier molecular flexibility index (Phi) is 6.41. The van der Waals surface area contributed by atoms with E-state index < -0.39 is 0 Å². The molecule has 2 heterocycles. The van der Waals surface area contributed by atoms with Crippen molar-refractivity contribution in [3.05, 3.63) is 0 Å². The van der Waals surface area contributed by atoms with Crippen LogP contribution in [0, 0.1) is 5.92 Å². The summed E-state index contributed by atoms with van der Waals surface area (Å²) >= 11 is 0. The second-order valence-corrected chi connectivity index (χ2v) is 5.73. The van der Waals surface area contributed by atoms with Crippen molar-refractivity contribution in [3.63, 3.8) is 0 Å². The zero-order chi connectivity index (χ0) is 12.6. The molecule has 0 aromatic carbocycles. The van der Waals surface area contributed by atoms with Gasteiger partial charge in [-0.25, -0.2) is 0 Å². The topological polar surface area (TPSA) is 27.7 Å². The number of morpholine rings is 1. The molecule has 4 nitrogen and oxygen atoms in total. The molecule has 18 heavy (non-hydrogen) atoms. The van der Waals surface area contributed by atoms with Crippen LogP contribution in [0.2, 0.25) is 0 Å². The average molecular weight is 255 g/mol. The summed E-state index contributed by atoms with van der Waals surface area (Å²) in [5, 5.41) is 3.57. The smallest absolute Gasteiger partial charge is 0.0594 e. The first-order valence-electron chi connectivity index (χ1n) is 7.58. The molecule has 0 saturated carbocycles. The van der Waals surface area contributed by atoms with Crippen LogP contribution in [-0.4, -0.2) is 75.4 Å². The van der Waals surface area contributed by atoms with Gasteiger partial charge in [-0.05, 0) is 31.8 Å². The number of likely N-dealkylation sites (tertiary alicyclic amines) is 1. The largest absolute Gasteiger partial charge is 0.379 e. The molecule has 4 heteroatoms. The fourth-order valence-electron chi connectivity index (χ4n) is 2.71. The zero-order valence-corrected chi connectivity index (χ0v) is 11.9. The molecule has 0 aliphatic carbocycles. The summed E-state index contributed by atoms with van der Waals surface area (Å²) in [5.41, 5.74) is 0. The maximum atomic E-state index is 5.35. The summed E-state index contributed by atoms with van der Waals surface area (Å²) < 4.78 is 5.35. The van der Waals surface area contributed by atoms with Crippen LogP contribution in [0.4, 0.5) is 0 Å². The Bertz CT molecular complexity index is 211. The highest BCUT2D eigenvalue weighted by molar-refractivity contribution is 4.70. The summed E-state index contributed by atoms with van der Waals surface area (Å²) in [6.07, 6.45) is 2.77. The molecule has 0 aromatic rings. The lowest BCUT2D eigenvalue weighted by atomic mass is 9.99. The molecule has 0 spiro atoms. The molecule has 2 rings (SSSR count). The molecule has 2 fully saturated rings. The van der Waals surface area contributed by atoms with Crippen LogP contribution in [0.5, 0.6) is 0 Å². The van der Waals surface area contributed by atoms with E-state index in [9.17, 15) is 0 Å². The minimum atomic E-state index is 0.909. The van der Waals surface area contributed by atoms with Gasteiger partial charge in [-0.3, -0.25) is 4.90 Å². The SMILES string of the molecule is CC1CCN(CCNCCN2CCOCC2)CC1. The fourth-order valence-corrected chi connectivity index (χ4v) is 2.71. The molecule has 0 radical (unpaired) electrons. The van der Waals surface area contributed by atoms with Crippen LogP contribution < -0.4 is 5.32 Å². The second kappa shape index (κ2) is 8.10. The molecule has 0 bridgehead atoms. The summed E-state index contributed by atoms with van der Waals surface area (Å²) in [6.45, 7) is 13.6. The van der Waals surface area contributed by atoms with Gasteiger partial charge < -0.3 is 15.0 Å². The maximum Gasteiger partial charge on any atom is 0.0594 e. The average Bonchev–Trinajstić information content (AvgIpc) is 2.42. The maximum absolute atomic E-state index is 5.35. The molecule has 0 atom stereocenters. The molecule has 0 amide bonds. The summed E-state index contributed by atoms with van der Waals surface area (Å²) in [5.74, 6) is 0.940. The molecule has 106 valence electrons. The fraction of sp³-hybridized carbons (Fsp3) is 1.00.